The number of aromatic nitrogens is 2. The van der Waals surface area contributed by atoms with Gasteiger partial charge in [-0.3, -0.25) is 0 Å². The van der Waals surface area contributed by atoms with Crippen LogP contribution in [0.1, 0.15) is 83.3 Å². The molecule has 118 valence electrons. The van der Waals surface area contributed by atoms with E-state index in [1.54, 1.807) is 0 Å². The van der Waals surface area contributed by atoms with E-state index in [1.165, 1.54) is 32.1 Å². The van der Waals surface area contributed by atoms with Gasteiger partial charge in [0, 0.05) is 5.92 Å². The van der Waals surface area contributed by atoms with E-state index in [4.69, 9.17) is 9.51 Å². The van der Waals surface area contributed by atoms with Crippen molar-refractivity contribution >= 4 is 0 Å². The highest BCUT2D eigenvalue weighted by Crippen LogP contribution is 2.39. The second kappa shape index (κ2) is 6.07. The van der Waals surface area contributed by atoms with Crippen molar-refractivity contribution in [3.8, 4) is 0 Å². The highest BCUT2D eigenvalue weighted by Gasteiger charge is 2.39. The monoisotopic (exact) mass is 291 g/mol. The Kier molecular flexibility index (Phi) is 4.34. The van der Waals surface area contributed by atoms with Crippen LogP contribution in [0.25, 0.3) is 0 Å². The van der Waals surface area contributed by atoms with Crippen molar-refractivity contribution in [1.82, 2.24) is 15.5 Å². The molecule has 1 N–H and O–H groups in total. The van der Waals surface area contributed by atoms with Gasteiger partial charge in [0.05, 0.1) is 5.54 Å². The molecular weight excluding hydrogens is 262 g/mol. The van der Waals surface area contributed by atoms with Gasteiger partial charge >= 0.3 is 0 Å². The Balaban J connectivity index is 1.68. The second-order valence-electron chi connectivity index (χ2n) is 7.28. The molecule has 1 aliphatic heterocycles. The first-order valence-corrected chi connectivity index (χ1v) is 8.73. The smallest absolute Gasteiger partial charge is 0.246 e. The van der Waals surface area contributed by atoms with Crippen molar-refractivity contribution in [2.45, 2.75) is 77.2 Å². The molecule has 0 bridgehead atoms. The lowest BCUT2D eigenvalue weighted by Crippen LogP contribution is -2.36. The van der Waals surface area contributed by atoms with Crippen molar-refractivity contribution in [3.05, 3.63) is 11.7 Å². The van der Waals surface area contributed by atoms with Gasteiger partial charge in [-0.25, -0.2) is 0 Å². The third-order valence-electron chi connectivity index (χ3n) is 5.78. The van der Waals surface area contributed by atoms with E-state index in [0.29, 0.717) is 5.92 Å². The van der Waals surface area contributed by atoms with Gasteiger partial charge in [-0.2, -0.15) is 4.98 Å². The third kappa shape index (κ3) is 2.87. The van der Waals surface area contributed by atoms with E-state index in [0.717, 1.165) is 42.9 Å². The molecule has 1 saturated carbocycles. The molecule has 0 aromatic carbocycles. The first-order chi connectivity index (χ1) is 10.1. The second-order valence-corrected chi connectivity index (χ2v) is 7.28. The van der Waals surface area contributed by atoms with E-state index < -0.39 is 0 Å². The molecule has 0 amide bonds. The summed E-state index contributed by atoms with van der Waals surface area (Å²) in [5.41, 5.74) is -0.0552. The Bertz CT molecular complexity index is 454. The Morgan fingerprint density at radius 1 is 1.29 bits per heavy atom. The SMILES string of the molecule is CCC1(c2nc(C3CCC(C(C)C)CC3)no2)CCCN1. The van der Waals surface area contributed by atoms with Gasteiger partial charge in [-0.15, -0.1) is 0 Å². The summed E-state index contributed by atoms with van der Waals surface area (Å²) < 4.78 is 5.65. The molecule has 1 saturated heterocycles. The van der Waals surface area contributed by atoms with Gasteiger partial charge in [-0.1, -0.05) is 25.9 Å². The van der Waals surface area contributed by atoms with Crippen molar-refractivity contribution in [2.24, 2.45) is 11.8 Å². The molecule has 4 heteroatoms. The lowest BCUT2D eigenvalue weighted by Gasteiger charge is -2.29. The Hall–Kier alpha value is -0.900. The van der Waals surface area contributed by atoms with Crippen LogP contribution in [-0.4, -0.2) is 16.7 Å². The van der Waals surface area contributed by atoms with Crippen LogP contribution >= 0.6 is 0 Å². The number of hydrogen-bond acceptors (Lipinski definition) is 4. The lowest BCUT2D eigenvalue weighted by molar-refractivity contribution is 0.241. The summed E-state index contributed by atoms with van der Waals surface area (Å²) in [4.78, 5) is 4.79. The minimum atomic E-state index is -0.0552. The first-order valence-electron chi connectivity index (χ1n) is 8.73. The fourth-order valence-electron chi connectivity index (χ4n) is 4.08. The van der Waals surface area contributed by atoms with E-state index >= 15 is 0 Å². The maximum atomic E-state index is 5.65. The molecular formula is C17H29N3O. The predicted octanol–water partition coefficient (Wildman–Crippen LogP) is 3.99. The van der Waals surface area contributed by atoms with E-state index in [-0.39, 0.29) is 5.54 Å². The van der Waals surface area contributed by atoms with Gasteiger partial charge in [0.15, 0.2) is 5.82 Å². The van der Waals surface area contributed by atoms with Crippen molar-refractivity contribution < 1.29 is 4.52 Å². The zero-order valence-electron chi connectivity index (χ0n) is 13.7. The van der Waals surface area contributed by atoms with Gasteiger partial charge < -0.3 is 9.84 Å². The van der Waals surface area contributed by atoms with Crippen molar-refractivity contribution in [3.63, 3.8) is 0 Å². The van der Waals surface area contributed by atoms with Crippen LogP contribution in [0.5, 0.6) is 0 Å². The highest BCUT2D eigenvalue weighted by molar-refractivity contribution is 5.08. The van der Waals surface area contributed by atoms with E-state index in [2.05, 4.69) is 31.2 Å². The molecule has 3 rings (SSSR count). The fourth-order valence-corrected chi connectivity index (χ4v) is 4.08. The van der Waals surface area contributed by atoms with Gasteiger partial charge in [-0.05, 0) is 63.3 Å². The van der Waals surface area contributed by atoms with E-state index in [1.807, 2.05) is 0 Å². The largest absolute Gasteiger partial charge is 0.337 e. The molecule has 1 aromatic heterocycles. The van der Waals surface area contributed by atoms with Gasteiger partial charge in [0.1, 0.15) is 0 Å². The Morgan fingerprint density at radius 3 is 2.62 bits per heavy atom. The van der Waals surface area contributed by atoms with Crippen LogP contribution in [0, 0.1) is 11.8 Å². The summed E-state index contributed by atoms with van der Waals surface area (Å²) in [5, 5.41) is 7.90. The average Bonchev–Trinajstić information content (AvgIpc) is 3.17. The van der Waals surface area contributed by atoms with Crippen LogP contribution in [0.3, 0.4) is 0 Å². The first kappa shape index (κ1) is 15.0. The van der Waals surface area contributed by atoms with Crippen LogP contribution < -0.4 is 5.32 Å². The van der Waals surface area contributed by atoms with Crippen LogP contribution in [0.2, 0.25) is 0 Å². The lowest BCUT2D eigenvalue weighted by atomic mass is 9.77. The third-order valence-corrected chi connectivity index (χ3v) is 5.78. The standard InChI is InChI=1S/C17H29N3O/c1-4-17(10-5-11-18-17)16-19-15(20-21-16)14-8-6-13(7-9-14)12(2)3/h12-14,18H,4-11H2,1-3H3. The molecule has 21 heavy (non-hydrogen) atoms. The average molecular weight is 291 g/mol. The number of rotatable bonds is 4. The number of hydrogen-bond donors (Lipinski definition) is 1. The molecule has 4 nitrogen and oxygen atoms in total. The molecule has 2 aliphatic rings. The molecule has 2 fully saturated rings. The molecule has 1 aromatic rings. The zero-order chi connectivity index (χ0) is 14.9. The Labute approximate surface area is 128 Å². The van der Waals surface area contributed by atoms with Crippen LogP contribution in [0.4, 0.5) is 0 Å². The predicted molar refractivity (Wildman–Crippen MR) is 83.0 cm³/mol. The van der Waals surface area contributed by atoms with Crippen LogP contribution in [0.15, 0.2) is 4.52 Å². The van der Waals surface area contributed by atoms with E-state index in [9.17, 15) is 0 Å². The molecule has 0 spiro atoms. The Morgan fingerprint density at radius 2 is 2.05 bits per heavy atom. The normalized spacial score (nSPS) is 33.7. The number of nitrogens with one attached hydrogen (secondary N) is 1. The topological polar surface area (TPSA) is 51.0 Å². The minimum absolute atomic E-state index is 0.0552. The summed E-state index contributed by atoms with van der Waals surface area (Å²) in [6, 6.07) is 0. The molecule has 1 atom stereocenters. The molecule has 0 radical (unpaired) electrons. The summed E-state index contributed by atoms with van der Waals surface area (Å²) in [6.45, 7) is 7.95. The summed E-state index contributed by atoms with van der Waals surface area (Å²) in [7, 11) is 0. The quantitative estimate of drug-likeness (QED) is 0.911. The highest BCUT2D eigenvalue weighted by atomic mass is 16.5. The number of nitrogens with zero attached hydrogens (tertiary/aromatic N) is 2. The molecule has 2 heterocycles. The maximum Gasteiger partial charge on any atom is 0.246 e. The van der Waals surface area contributed by atoms with Gasteiger partial charge in [0.25, 0.3) is 0 Å². The fraction of sp³-hybridized carbons (Fsp3) is 0.882. The summed E-state index contributed by atoms with van der Waals surface area (Å²) >= 11 is 0. The molecule has 1 aliphatic carbocycles. The van der Waals surface area contributed by atoms with Crippen molar-refractivity contribution in [1.29, 1.82) is 0 Å². The summed E-state index contributed by atoms with van der Waals surface area (Å²) in [6.07, 6.45) is 8.39. The summed E-state index contributed by atoms with van der Waals surface area (Å²) in [5.74, 6) is 3.97. The minimum Gasteiger partial charge on any atom is -0.337 e. The van der Waals surface area contributed by atoms with Crippen LogP contribution in [-0.2, 0) is 5.54 Å². The van der Waals surface area contributed by atoms with Gasteiger partial charge in [0.2, 0.25) is 5.89 Å². The maximum absolute atomic E-state index is 5.65. The molecule has 1 unspecified atom stereocenters. The zero-order valence-corrected chi connectivity index (χ0v) is 13.7. The van der Waals surface area contributed by atoms with Crippen molar-refractivity contribution in [2.75, 3.05) is 6.54 Å².